The molecule has 0 aliphatic rings. The summed E-state index contributed by atoms with van der Waals surface area (Å²) in [5, 5.41) is 1.49. The summed E-state index contributed by atoms with van der Waals surface area (Å²) in [7, 11) is -1.57. The van der Waals surface area contributed by atoms with Crippen molar-refractivity contribution in [1.29, 1.82) is 0 Å². The molecule has 0 amide bonds. The fraction of sp³-hybridized carbons (Fsp3) is 0.133. The highest BCUT2D eigenvalue weighted by Crippen LogP contribution is 2.28. The predicted octanol–water partition coefficient (Wildman–Crippen LogP) is 3.24. The van der Waals surface area contributed by atoms with E-state index in [9.17, 15) is 4.21 Å². The normalized spacial score (nSPS) is 12.3. The van der Waals surface area contributed by atoms with Gasteiger partial charge < -0.3 is 4.74 Å². The van der Waals surface area contributed by atoms with Crippen molar-refractivity contribution in [1.82, 2.24) is 15.0 Å². The predicted molar refractivity (Wildman–Crippen MR) is 84.6 cm³/mol. The van der Waals surface area contributed by atoms with E-state index in [1.54, 1.807) is 30.5 Å². The van der Waals surface area contributed by atoms with Gasteiger partial charge in [0.2, 0.25) is 11.0 Å². The van der Waals surface area contributed by atoms with Gasteiger partial charge in [-0.05, 0) is 31.2 Å². The molecule has 5 nitrogen and oxygen atoms in total. The van der Waals surface area contributed by atoms with Crippen LogP contribution in [0.25, 0.3) is 10.9 Å². The van der Waals surface area contributed by atoms with Crippen LogP contribution in [0.1, 0.15) is 6.92 Å². The van der Waals surface area contributed by atoms with Gasteiger partial charge in [-0.25, -0.2) is 9.19 Å². The summed E-state index contributed by atoms with van der Waals surface area (Å²) in [4.78, 5) is 13.1. The number of ether oxygens (including phenoxy) is 1. The molecule has 0 saturated carbocycles. The first-order valence-corrected chi connectivity index (χ1v) is 8.14. The standard InChI is InChI=1S/C15H12ClN3O2S/c1-2-21-13-7-9-18-15(19-13)22(20)12-6-5-11(16)10-4-3-8-17-14(10)12/h3-9H,2H2,1H3. The van der Waals surface area contributed by atoms with Crippen molar-refractivity contribution in [2.24, 2.45) is 0 Å². The van der Waals surface area contributed by atoms with Crippen molar-refractivity contribution in [3.63, 3.8) is 0 Å². The van der Waals surface area contributed by atoms with Crippen molar-refractivity contribution >= 4 is 33.3 Å². The lowest BCUT2D eigenvalue weighted by Gasteiger charge is -2.07. The van der Waals surface area contributed by atoms with Gasteiger partial charge in [0.05, 0.1) is 22.0 Å². The number of nitrogens with zero attached hydrogens (tertiary/aromatic N) is 3. The Bertz CT molecular complexity index is 857. The van der Waals surface area contributed by atoms with Crippen LogP contribution in [0, 0.1) is 0 Å². The molecular formula is C15H12ClN3O2S. The molecule has 0 spiro atoms. The molecule has 0 fully saturated rings. The first kappa shape index (κ1) is 14.9. The molecule has 1 aromatic carbocycles. The lowest BCUT2D eigenvalue weighted by molar-refractivity contribution is 0.323. The Labute approximate surface area is 134 Å². The lowest BCUT2D eigenvalue weighted by atomic mass is 10.2. The Morgan fingerprint density at radius 2 is 2.05 bits per heavy atom. The van der Waals surface area contributed by atoms with Gasteiger partial charge >= 0.3 is 0 Å². The van der Waals surface area contributed by atoms with Crippen LogP contribution in [0.2, 0.25) is 5.02 Å². The highest BCUT2D eigenvalue weighted by molar-refractivity contribution is 7.85. The summed E-state index contributed by atoms with van der Waals surface area (Å²) in [6, 6.07) is 8.63. The fourth-order valence-corrected chi connectivity index (χ4v) is 3.27. The molecule has 22 heavy (non-hydrogen) atoms. The number of rotatable bonds is 4. The summed E-state index contributed by atoms with van der Waals surface area (Å²) in [6.45, 7) is 2.34. The first-order chi connectivity index (χ1) is 10.7. The van der Waals surface area contributed by atoms with Crippen molar-refractivity contribution in [2.45, 2.75) is 17.0 Å². The van der Waals surface area contributed by atoms with Crippen LogP contribution in [-0.2, 0) is 10.8 Å². The Morgan fingerprint density at radius 3 is 2.86 bits per heavy atom. The average molecular weight is 334 g/mol. The lowest BCUT2D eigenvalue weighted by Crippen LogP contribution is -2.03. The van der Waals surface area contributed by atoms with Gasteiger partial charge in [-0.15, -0.1) is 0 Å². The van der Waals surface area contributed by atoms with E-state index in [1.165, 1.54) is 6.20 Å². The third-order valence-electron chi connectivity index (χ3n) is 2.95. The number of halogens is 1. The third kappa shape index (κ3) is 2.80. The molecule has 0 radical (unpaired) electrons. The van der Waals surface area contributed by atoms with Crippen molar-refractivity contribution < 1.29 is 8.95 Å². The summed E-state index contributed by atoms with van der Waals surface area (Å²) in [6.07, 6.45) is 3.16. The molecule has 112 valence electrons. The summed E-state index contributed by atoms with van der Waals surface area (Å²) < 4.78 is 18.1. The van der Waals surface area contributed by atoms with Gasteiger partial charge in [0.25, 0.3) is 0 Å². The van der Waals surface area contributed by atoms with Crippen LogP contribution in [0.4, 0.5) is 0 Å². The van der Waals surface area contributed by atoms with E-state index in [2.05, 4.69) is 15.0 Å². The maximum Gasteiger partial charge on any atom is 0.226 e. The second-order valence-corrected chi connectivity index (χ2v) is 6.07. The van der Waals surface area contributed by atoms with E-state index in [-0.39, 0.29) is 5.16 Å². The SMILES string of the molecule is CCOc1ccnc(S(=O)c2ccc(Cl)c3cccnc23)n1. The minimum atomic E-state index is -1.57. The average Bonchev–Trinajstić information content (AvgIpc) is 2.55. The Kier molecular flexibility index (Phi) is 4.31. The maximum atomic E-state index is 12.8. The quantitative estimate of drug-likeness (QED) is 0.686. The zero-order valence-electron chi connectivity index (χ0n) is 11.7. The van der Waals surface area contributed by atoms with Crippen LogP contribution in [0.15, 0.2) is 52.8 Å². The van der Waals surface area contributed by atoms with Gasteiger partial charge in [0, 0.05) is 23.8 Å². The number of aromatic nitrogens is 3. The molecule has 0 saturated heterocycles. The molecule has 1 unspecified atom stereocenters. The van der Waals surface area contributed by atoms with E-state index >= 15 is 0 Å². The number of hydrogen-bond donors (Lipinski definition) is 0. The highest BCUT2D eigenvalue weighted by Gasteiger charge is 2.16. The second kappa shape index (κ2) is 6.37. The molecule has 3 aromatic rings. The largest absolute Gasteiger partial charge is 0.478 e. The number of fused-ring (bicyclic) bond motifs is 1. The van der Waals surface area contributed by atoms with Crippen LogP contribution < -0.4 is 4.74 Å². The molecule has 2 aromatic heterocycles. The zero-order valence-corrected chi connectivity index (χ0v) is 13.3. The van der Waals surface area contributed by atoms with Gasteiger partial charge in [-0.2, -0.15) is 4.98 Å². The van der Waals surface area contributed by atoms with Crippen LogP contribution in [0.5, 0.6) is 5.88 Å². The summed E-state index contributed by atoms with van der Waals surface area (Å²) in [5.41, 5.74) is 0.582. The molecule has 0 aliphatic heterocycles. The zero-order chi connectivity index (χ0) is 15.5. The molecule has 2 heterocycles. The number of benzene rings is 1. The monoisotopic (exact) mass is 333 g/mol. The van der Waals surface area contributed by atoms with Crippen molar-refractivity contribution in [2.75, 3.05) is 6.61 Å². The first-order valence-electron chi connectivity index (χ1n) is 6.61. The Balaban J connectivity index is 2.10. The molecule has 0 aliphatic carbocycles. The maximum absolute atomic E-state index is 12.8. The van der Waals surface area contributed by atoms with E-state index < -0.39 is 10.8 Å². The minimum Gasteiger partial charge on any atom is -0.478 e. The molecule has 0 bridgehead atoms. The van der Waals surface area contributed by atoms with Gasteiger partial charge in [-0.1, -0.05) is 11.6 Å². The summed E-state index contributed by atoms with van der Waals surface area (Å²) >= 11 is 6.16. The molecule has 3 rings (SSSR count). The third-order valence-corrected chi connectivity index (χ3v) is 4.53. The van der Waals surface area contributed by atoms with Crippen LogP contribution >= 0.6 is 11.6 Å². The van der Waals surface area contributed by atoms with Crippen molar-refractivity contribution in [3.05, 3.63) is 47.7 Å². The van der Waals surface area contributed by atoms with Gasteiger partial charge in [0.15, 0.2) is 0 Å². The van der Waals surface area contributed by atoms with Gasteiger partial charge in [0.1, 0.15) is 10.8 Å². The van der Waals surface area contributed by atoms with Gasteiger partial charge in [-0.3, -0.25) is 4.98 Å². The molecule has 1 atom stereocenters. The van der Waals surface area contributed by atoms with Crippen LogP contribution in [0.3, 0.4) is 0 Å². The Morgan fingerprint density at radius 1 is 1.18 bits per heavy atom. The van der Waals surface area contributed by atoms with E-state index in [0.717, 1.165) is 5.39 Å². The van der Waals surface area contributed by atoms with E-state index in [1.807, 2.05) is 13.0 Å². The smallest absolute Gasteiger partial charge is 0.226 e. The van der Waals surface area contributed by atoms with Crippen LogP contribution in [-0.4, -0.2) is 25.8 Å². The summed E-state index contributed by atoms with van der Waals surface area (Å²) in [5.74, 6) is 0.395. The Hall–Kier alpha value is -2.05. The molecular weight excluding hydrogens is 322 g/mol. The highest BCUT2D eigenvalue weighted by atomic mass is 35.5. The van der Waals surface area contributed by atoms with Crippen molar-refractivity contribution in [3.8, 4) is 5.88 Å². The topological polar surface area (TPSA) is 65.0 Å². The second-order valence-electron chi connectivity index (χ2n) is 4.32. The molecule has 0 N–H and O–H groups in total. The molecule has 7 heteroatoms. The minimum absolute atomic E-state index is 0.181. The number of hydrogen-bond acceptors (Lipinski definition) is 5. The van der Waals surface area contributed by atoms with E-state index in [4.69, 9.17) is 16.3 Å². The fourth-order valence-electron chi connectivity index (χ4n) is 2.00. The van der Waals surface area contributed by atoms with E-state index in [0.29, 0.717) is 27.9 Å². The number of pyridine rings is 1.